The molecule has 0 amide bonds. The lowest BCUT2D eigenvalue weighted by molar-refractivity contribution is 0.305. The number of unbranched alkanes of at least 4 members (excludes halogenated alkanes) is 2. The van der Waals surface area contributed by atoms with Gasteiger partial charge in [0.15, 0.2) is 0 Å². The topological polar surface area (TPSA) is 9.23 Å². The van der Waals surface area contributed by atoms with Gasteiger partial charge in [0.25, 0.3) is 0 Å². The second-order valence-corrected chi connectivity index (χ2v) is 4.47. The second-order valence-electron chi connectivity index (χ2n) is 4.47. The fraction of sp³-hybridized carbons (Fsp3) is 0.375. The molecule has 0 spiro atoms. The van der Waals surface area contributed by atoms with Crippen LogP contribution in [0.4, 0.5) is 0 Å². The predicted octanol–water partition coefficient (Wildman–Crippen LogP) is 4.72. The standard InChI is InChI=1S/C16H20O/c1-3-4-7-12-17-16-11-10-14-8-5-6-9-15(14)13(16)2/h5-6,8-11H,3-4,7,12H2,1-2H3. The molecule has 90 valence electrons. The highest BCUT2D eigenvalue weighted by molar-refractivity contribution is 5.87. The number of rotatable bonds is 5. The van der Waals surface area contributed by atoms with Crippen LogP contribution in [0.15, 0.2) is 36.4 Å². The first kappa shape index (κ1) is 12.0. The minimum Gasteiger partial charge on any atom is -0.493 e. The largest absolute Gasteiger partial charge is 0.493 e. The molecular formula is C16H20O. The van der Waals surface area contributed by atoms with Gasteiger partial charge in [-0.05, 0) is 35.7 Å². The van der Waals surface area contributed by atoms with Crippen LogP contribution in [0.2, 0.25) is 0 Å². The fourth-order valence-electron chi connectivity index (χ4n) is 2.10. The average molecular weight is 228 g/mol. The van der Waals surface area contributed by atoms with Crippen LogP contribution in [0.5, 0.6) is 5.75 Å². The van der Waals surface area contributed by atoms with E-state index < -0.39 is 0 Å². The monoisotopic (exact) mass is 228 g/mol. The van der Waals surface area contributed by atoms with Gasteiger partial charge in [0.05, 0.1) is 6.61 Å². The quantitative estimate of drug-likeness (QED) is 0.673. The van der Waals surface area contributed by atoms with Gasteiger partial charge in [0.2, 0.25) is 0 Å². The van der Waals surface area contributed by atoms with E-state index in [9.17, 15) is 0 Å². The Balaban J connectivity index is 2.15. The molecule has 0 atom stereocenters. The Hall–Kier alpha value is -1.50. The van der Waals surface area contributed by atoms with Gasteiger partial charge < -0.3 is 4.74 Å². The molecule has 2 aromatic carbocycles. The molecule has 0 saturated carbocycles. The zero-order valence-corrected chi connectivity index (χ0v) is 10.7. The minimum atomic E-state index is 0.826. The minimum absolute atomic E-state index is 0.826. The summed E-state index contributed by atoms with van der Waals surface area (Å²) in [6.45, 7) is 5.17. The molecular weight excluding hydrogens is 208 g/mol. The van der Waals surface area contributed by atoms with Crippen LogP contribution in [0.3, 0.4) is 0 Å². The van der Waals surface area contributed by atoms with Crippen molar-refractivity contribution in [2.45, 2.75) is 33.1 Å². The van der Waals surface area contributed by atoms with Gasteiger partial charge in [-0.15, -0.1) is 0 Å². The Morgan fingerprint density at radius 1 is 1.00 bits per heavy atom. The van der Waals surface area contributed by atoms with E-state index in [0.29, 0.717) is 0 Å². The van der Waals surface area contributed by atoms with Crippen molar-refractivity contribution < 1.29 is 4.74 Å². The van der Waals surface area contributed by atoms with Gasteiger partial charge in [-0.3, -0.25) is 0 Å². The number of aryl methyl sites for hydroxylation is 1. The van der Waals surface area contributed by atoms with Crippen molar-refractivity contribution in [2.75, 3.05) is 6.61 Å². The van der Waals surface area contributed by atoms with Gasteiger partial charge in [0.1, 0.15) is 5.75 Å². The second kappa shape index (κ2) is 5.72. The van der Waals surface area contributed by atoms with Gasteiger partial charge in [-0.25, -0.2) is 0 Å². The molecule has 1 nitrogen and oxygen atoms in total. The van der Waals surface area contributed by atoms with E-state index in [2.05, 4.69) is 50.2 Å². The van der Waals surface area contributed by atoms with E-state index in [1.807, 2.05) is 0 Å². The summed E-state index contributed by atoms with van der Waals surface area (Å²) < 4.78 is 5.85. The summed E-state index contributed by atoms with van der Waals surface area (Å²) >= 11 is 0. The zero-order chi connectivity index (χ0) is 12.1. The van der Waals surface area contributed by atoms with Gasteiger partial charge in [-0.2, -0.15) is 0 Å². The van der Waals surface area contributed by atoms with Gasteiger partial charge >= 0.3 is 0 Å². The molecule has 0 radical (unpaired) electrons. The Morgan fingerprint density at radius 3 is 2.65 bits per heavy atom. The first-order chi connectivity index (χ1) is 8.33. The van der Waals surface area contributed by atoms with E-state index in [-0.39, 0.29) is 0 Å². The number of benzene rings is 2. The summed E-state index contributed by atoms with van der Waals surface area (Å²) in [5.41, 5.74) is 1.25. The normalized spacial score (nSPS) is 10.7. The SMILES string of the molecule is CCCCCOc1ccc2ccccc2c1C. The zero-order valence-electron chi connectivity index (χ0n) is 10.7. The summed E-state index contributed by atoms with van der Waals surface area (Å²) in [6.07, 6.45) is 3.62. The summed E-state index contributed by atoms with van der Waals surface area (Å²) in [6, 6.07) is 12.7. The van der Waals surface area contributed by atoms with Crippen molar-refractivity contribution >= 4 is 10.8 Å². The first-order valence-electron chi connectivity index (χ1n) is 6.44. The molecule has 0 aliphatic heterocycles. The van der Waals surface area contributed by atoms with Crippen LogP contribution in [-0.4, -0.2) is 6.61 Å². The Labute approximate surface area is 103 Å². The van der Waals surface area contributed by atoms with Crippen molar-refractivity contribution in [2.24, 2.45) is 0 Å². The third-order valence-electron chi connectivity index (χ3n) is 3.15. The number of hydrogen-bond donors (Lipinski definition) is 0. The van der Waals surface area contributed by atoms with Crippen LogP contribution < -0.4 is 4.74 Å². The van der Waals surface area contributed by atoms with Crippen LogP contribution in [0.1, 0.15) is 31.7 Å². The summed E-state index contributed by atoms with van der Waals surface area (Å²) in [7, 11) is 0. The van der Waals surface area contributed by atoms with E-state index in [1.165, 1.54) is 29.2 Å². The van der Waals surface area contributed by atoms with E-state index in [4.69, 9.17) is 4.74 Å². The smallest absolute Gasteiger partial charge is 0.122 e. The van der Waals surface area contributed by atoms with Crippen molar-refractivity contribution in [1.29, 1.82) is 0 Å². The molecule has 17 heavy (non-hydrogen) atoms. The molecule has 0 bridgehead atoms. The maximum Gasteiger partial charge on any atom is 0.122 e. The molecule has 0 unspecified atom stereocenters. The summed E-state index contributed by atoms with van der Waals surface area (Å²) in [5.74, 6) is 1.03. The van der Waals surface area contributed by atoms with Gasteiger partial charge in [-0.1, -0.05) is 50.1 Å². The summed E-state index contributed by atoms with van der Waals surface area (Å²) in [5, 5.41) is 2.58. The third kappa shape index (κ3) is 2.79. The fourth-order valence-corrected chi connectivity index (χ4v) is 2.10. The molecule has 0 fully saturated rings. The Bertz CT molecular complexity index is 488. The summed E-state index contributed by atoms with van der Waals surface area (Å²) in [4.78, 5) is 0. The van der Waals surface area contributed by atoms with Crippen LogP contribution in [0.25, 0.3) is 10.8 Å². The van der Waals surface area contributed by atoms with E-state index >= 15 is 0 Å². The number of fused-ring (bicyclic) bond motifs is 1. The number of hydrogen-bond acceptors (Lipinski definition) is 1. The lowest BCUT2D eigenvalue weighted by atomic mass is 10.0. The predicted molar refractivity (Wildman–Crippen MR) is 73.7 cm³/mol. The highest BCUT2D eigenvalue weighted by Crippen LogP contribution is 2.27. The average Bonchev–Trinajstić information content (AvgIpc) is 2.37. The van der Waals surface area contributed by atoms with Gasteiger partial charge in [0, 0.05) is 0 Å². The molecule has 0 N–H and O–H groups in total. The molecule has 0 saturated heterocycles. The van der Waals surface area contributed by atoms with Crippen molar-refractivity contribution in [3.05, 3.63) is 42.0 Å². The molecule has 0 aromatic heterocycles. The maximum absolute atomic E-state index is 5.85. The molecule has 2 aromatic rings. The van der Waals surface area contributed by atoms with Crippen LogP contribution in [-0.2, 0) is 0 Å². The van der Waals surface area contributed by atoms with Crippen LogP contribution in [0, 0.1) is 6.92 Å². The third-order valence-corrected chi connectivity index (χ3v) is 3.15. The molecule has 0 heterocycles. The molecule has 0 aliphatic rings. The van der Waals surface area contributed by atoms with E-state index in [1.54, 1.807) is 0 Å². The van der Waals surface area contributed by atoms with Crippen molar-refractivity contribution in [1.82, 2.24) is 0 Å². The molecule has 1 heteroatoms. The molecule has 0 aliphatic carbocycles. The Kier molecular flexibility index (Phi) is 4.03. The number of ether oxygens (including phenoxy) is 1. The van der Waals surface area contributed by atoms with Crippen molar-refractivity contribution in [3.8, 4) is 5.75 Å². The highest BCUT2D eigenvalue weighted by atomic mass is 16.5. The molecule has 2 rings (SSSR count). The Morgan fingerprint density at radius 2 is 1.82 bits per heavy atom. The van der Waals surface area contributed by atoms with Crippen LogP contribution >= 0.6 is 0 Å². The lowest BCUT2D eigenvalue weighted by Gasteiger charge is -2.11. The highest BCUT2D eigenvalue weighted by Gasteiger charge is 2.03. The lowest BCUT2D eigenvalue weighted by Crippen LogP contribution is -1.98. The van der Waals surface area contributed by atoms with Crippen molar-refractivity contribution in [3.63, 3.8) is 0 Å². The maximum atomic E-state index is 5.85. The first-order valence-corrected chi connectivity index (χ1v) is 6.44. The van der Waals surface area contributed by atoms with E-state index in [0.717, 1.165) is 18.8 Å².